The molecular formula is C18H15ClFNO3S. The Kier molecular flexibility index (Phi) is 7.03. The Labute approximate surface area is 154 Å². The molecule has 0 saturated heterocycles. The topological polar surface area (TPSA) is 55.4 Å². The highest BCUT2D eigenvalue weighted by Crippen LogP contribution is 2.22. The lowest BCUT2D eigenvalue weighted by molar-refractivity contribution is -0.148. The second-order valence-electron chi connectivity index (χ2n) is 4.93. The molecule has 0 saturated carbocycles. The maximum Gasteiger partial charge on any atom is 0.332 e. The smallest absolute Gasteiger partial charge is 0.332 e. The van der Waals surface area contributed by atoms with Crippen molar-refractivity contribution in [2.75, 3.05) is 5.32 Å². The number of hydrogen-bond acceptors (Lipinski definition) is 4. The van der Waals surface area contributed by atoms with Crippen LogP contribution in [0.2, 0.25) is 5.02 Å². The summed E-state index contributed by atoms with van der Waals surface area (Å²) in [6.45, 7) is 1.43. The van der Waals surface area contributed by atoms with Crippen LogP contribution in [0.5, 0.6) is 0 Å². The molecule has 0 aliphatic carbocycles. The number of carbonyl (C=O) groups excluding carboxylic acids is 2. The van der Waals surface area contributed by atoms with E-state index >= 15 is 0 Å². The van der Waals surface area contributed by atoms with Crippen molar-refractivity contribution in [1.29, 1.82) is 0 Å². The van der Waals surface area contributed by atoms with Gasteiger partial charge >= 0.3 is 5.97 Å². The molecule has 1 N–H and O–H groups in total. The van der Waals surface area contributed by atoms with E-state index in [-0.39, 0.29) is 10.7 Å². The number of hydrogen-bond donors (Lipinski definition) is 1. The molecule has 2 aromatic rings. The fraction of sp³-hybridized carbons (Fsp3) is 0.111. The molecule has 0 bridgehead atoms. The molecule has 0 spiro atoms. The molecule has 2 rings (SSSR count). The largest absolute Gasteiger partial charge is 0.449 e. The van der Waals surface area contributed by atoms with Gasteiger partial charge in [-0.15, -0.1) is 0 Å². The predicted octanol–water partition coefficient (Wildman–Crippen LogP) is 4.66. The van der Waals surface area contributed by atoms with Crippen molar-refractivity contribution < 1.29 is 18.7 Å². The molecule has 25 heavy (non-hydrogen) atoms. The highest BCUT2D eigenvalue weighted by Gasteiger charge is 2.17. The minimum atomic E-state index is -1.03. The van der Waals surface area contributed by atoms with Crippen molar-refractivity contribution in [1.82, 2.24) is 0 Å². The Morgan fingerprint density at radius 2 is 1.96 bits per heavy atom. The minimum Gasteiger partial charge on any atom is -0.449 e. The van der Waals surface area contributed by atoms with Gasteiger partial charge in [0.2, 0.25) is 0 Å². The second kappa shape index (κ2) is 9.25. The van der Waals surface area contributed by atoms with Crippen LogP contribution < -0.4 is 5.32 Å². The van der Waals surface area contributed by atoms with E-state index < -0.39 is 23.8 Å². The van der Waals surface area contributed by atoms with E-state index in [1.807, 2.05) is 30.3 Å². The van der Waals surface area contributed by atoms with E-state index in [9.17, 15) is 14.0 Å². The van der Waals surface area contributed by atoms with Crippen LogP contribution in [0.3, 0.4) is 0 Å². The summed E-state index contributed by atoms with van der Waals surface area (Å²) in [5.74, 6) is -1.72. The number of ether oxygens (including phenoxy) is 1. The molecule has 7 heteroatoms. The Morgan fingerprint density at radius 3 is 2.64 bits per heavy atom. The zero-order valence-corrected chi connectivity index (χ0v) is 14.8. The van der Waals surface area contributed by atoms with Crippen molar-refractivity contribution in [3.8, 4) is 0 Å². The van der Waals surface area contributed by atoms with Gasteiger partial charge in [-0.3, -0.25) is 4.79 Å². The van der Waals surface area contributed by atoms with E-state index in [2.05, 4.69) is 5.32 Å². The van der Waals surface area contributed by atoms with Gasteiger partial charge in [-0.2, -0.15) is 0 Å². The first-order valence-corrected chi connectivity index (χ1v) is 8.56. The summed E-state index contributed by atoms with van der Waals surface area (Å²) in [5.41, 5.74) is 0.242. The standard InChI is InChI=1S/C18H15ClFNO3S/c1-12(18(23)21-16-8-7-13(20)11-15(16)19)24-17(22)9-10-25-14-5-3-2-4-6-14/h2-12H,1H3,(H,21,23)/b10-9+/t12-/m0/s1. The summed E-state index contributed by atoms with van der Waals surface area (Å²) in [5, 5.41) is 4.12. The van der Waals surface area contributed by atoms with E-state index in [0.29, 0.717) is 0 Å². The highest BCUT2D eigenvalue weighted by molar-refractivity contribution is 8.02. The van der Waals surface area contributed by atoms with Gasteiger partial charge in [0.15, 0.2) is 6.10 Å². The van der Waals surface area contributed by atoms with Crippen molar-refractivity contribution in [2.24, 2.45) is 0 Å². The zero-order valence-electron chi connectivity index (χ0n) is 13.2. The Balaban J connectivity index is 1.84. The van der Waals surface area contributed by atoms with Crippen LogP contribution in [0, 0.1) is 5.82 Å². The minimum absolute atomic E-state index is 0.0611. The summed E-state index contributed by atoms with van der Waals surface area (Å²) in [6.07, 6.45) is 0.215. The summed E-state index contributed by atoms with van der Waals surface area (Å²) in [4.78, 5) is 24.7. The highest BCUT2D eigenvalue weighted by atomic mass is 35.5. The van der Waals surface area contributed by atoms with Crippen LogP contribution >= 0.6 is 23.4 Å². The molecule has 130 valence electrons. The third kappa shape index (κ3) is 6.25. The first kappa shape index (κ1) is 19.0. The summed E-state index contributed by atoms with van der Waals surface area (Å²) in [7, 11) is 0. The molecule has 1 amide bonds. The number of benzene rings is 2. The first-order chi connectivity index (χ1) is 12.0. The lowest BCUT2D eigenvalue weighted by Gasteiger charge is -2.13. The molecular weight excluding hydrogens is 365 g/mol. The molecule has 0 radical (unpaired) electrons. The van der Waals surface area contributed by atoms with Crippen LogP contribution in [-0.4, -0.2) is 18.0 Å². The maximum atomic E-state index is 13.0. The van der Waals surface area contributed by atoms with Crippen LogP contribution in [0.1, 0.15) is 6.92 Å². The molecule has 0 aromatic heterocycles. The molecule has 0 aliphatic rings. The number of rotatable bonds is 6. The average molecular weight is 380 g/mol. The number of halogens is 2. The Hall–Kier alpha value is -2.31. The number of amides is 1. The van der Waals surface area contributed by atoms with Crippen molar-refractivity contribution >= 4 is 40.9 Å². The molecule has 0 fully saturated rings. The summed E-state index contributed by atoms with van der Waals surface area (Å²) < 4.78 is 18.0. The number of nitrogens with one attached hydrogen (secondary N) is 1. The number of anilines is 1. The quantitative estimate of drug-likeness (QED) is 0.450. The van der Waals surface area contributed by atoms with Gasteiger partial charge in [0, 0.05) is 11.0 Å². The van der Waals surface area contributed by atoms with Gasteiger partial charge in [0.25, 0.3) is 5.91 Å². The molecule has 0 aliphatic heterocycles. The van der Waals surface area contributed by atoms with Gasteiger partial charge in [0.05, 0.1) is 10.7 Å². The number of carbonyl (C=O) groups is 2. The third-order valence-corrected chi connectivity index (χ3v) is 4.13. The van der Waals surface area contributed by atoms with E-state index in [4.69, 9.17) is 16.3 Å². The first-order valence-electron chi connectivity index (χ1n) is 7.30. The molecule has 2 aromatic carbocycles. The van der Waals surface area contributed by atoms with E-state index in [0.717, 1.165) is 11.0 Å². The predicted molar refractivity (Wildman–Crippen MR) is 97.0 cm³/mol. The Bertz CT molecular complexity index is 783. The number of esters is 1. The van der Waals surface area contributed by atoms with Gasteiger partial charge in [-0.1, -0.05) is 41.6 Å². The summed E-state index contributed by atoms with van der Waals surface area (Å²) >= 11 is 7.19. The Morgan fingerprint density at radius 1 is 1.24 bits per heavy atom. The van der Waals surface area contributed by atoms with Crippen molar-refractivity contribution in [3.63, 3.8) is 0 Å². The zero-order chi connectivity index (χ0) is 18.2. The lowest BCUT2D eigenvalue weighted by Crippen LogP contribution is -2.29. The fourth-order valence-electron chi connectivity index (χ4n) is 1.76. The van der Waals surface area contributed by atoms with Gasteiger partial charge in [-0.05, 0) is 42.7 Å². The molecule has 4 nitrogen and oxygen atoms in total. The van der Waals surface area contributed by atoms with Gasteiger partial charge in [-0.25, -0.2) is 9.18 Å². The van der Waals surface area contributed by atoms with E-state index in [1.165, 1.54) is 36.9 Å². The van der Waals surface area contributed by atoms with Crippen LogP contribution in [-0.2, 0) is 14.3 Å². The van der Waals surface area contributed by atoms with Crippen LogP contribution in [0.15, 0.2) is 64.9 Å². The molecule has 0 unspecified atom stereocenters. The monoisotopic (exact) mass is 379 g/mol. The second-order valence-corrected chi connectivity index (χ2v) is 6.31. The number of thioether (sulfide) groups is 1. The average Bonchev–Trinajstić information content (AvgIpc) is 2.58. The fourth-order valence-corrected chi connectivity index (χ4v) is 2.62. The summed E-state index contributed by atoms with van der Waals surface area (Å²) in [6, 6.07) is 13.1. The van der Waals surface area contributed by atoms with Crippen molar-refractivity contribution in [3.05, 3.63) is 70.9 Å². The SMILES string of the molecule is C[C@H](OC(=O)/C=C/Sc1ccccc1)C(=O)Nc1ccc(F)cc1Cl. The lowest BCUT2D eigenvalue weighted by atomic mass is 10.3. The molecule has 0 heterocycles. The van der Waals surface area contributed by atoms with Crippen LogP contribution in [0.25, 0.3) is 0 Å². The maximum absolute atomic E-state index is 13.0. The third-order valence-electron chi connectivity index (χ3n) is 3.00. The van der Waals surface area contributed by atoms with Gasteiger partial charge in [0.1, 0.15) is 5.82 Å². The molecule has 1 atom stereocenters. The normalized spacial score (nSPS) is 12.0. The van der Waals surface area contributed by atoms with Crippen LogP contribution in [0.4, 0.5) is 10.1 Å². The van der Waals surface area contributed by atoms with Gasteiger partial charge < -0.3 is 10.1 Å². The van der Waals surface area contributed by atoms with E-state index in [1.54, 1.807) is 5.41 Å². The van der Waals surface area contributed by atoms with Crippen molar-refractivity contribution in [2.45, 2.75) is 17.9 Å².